The van der Waals surface area contributed by atoms with Gasteiger partial charge >= 0.3 is 0 Å². The predicted octanol–water partition coefficient (Wildman–Crippen LogP) is 7.71. The van der Waals surface area contributed by atoms with Gasteiger partial charge in [0, 0.05) is 15.6 Å². The number of benzene rings is 3. The average Bonchev–Trinajstić information content (AvgIpc) is 2.72. The fraction of sp³-hybridized carbons (Fsp3) is 0.269. The van der Waals surface area contributed by atoms with Crippen molar-refractivity contribution in [2.75, 3.05) is 0 Å². The van der Waals surface area contributed by atoms with Gasteiger partial charge in [0.2, 0.25) is 0 Å². The van der Waals surface area contributed by atoms with E-state index >= 15 is 0 Å². The van der Waals surface area contributed by atoms with Crippen LogP contribution in [0.1, 0.15) is 43.6 Å². The summed E-state index contributed by atoms with van der Waals surface area (Å²) in [4.78, 5) is 5.10. The molecule has 3 rings (SSSR count). The Labute approximate surface area is 190 Å². The van der Waals surface area contributed by atoms with E-state index in [1.54, 1.807) is 0 Å². The molecule has 4 heteroatoms. The number of aliphatic imine (C=N–C) groups is 1. The lowest BCUT2D eigenvalue weighted by atomic mass is 9.85. The molecule has 0 heterocycles. The van der Waals surface area contributed by atoms with E-state index in [1.807, 2.05) is 12.1 Å². The Kier molecular flexibility index (Phi) is 7.45. The molecule has 0 radical (unpaired) electrons. The molecular formula is C26H30BrNOSi. The molecule has 1 unspecified atom stereocenters. The largest absolute Gasteiger partial charge is 0.413 e. The third-order valence-electron chi connectivity index (χ3n) is 4.79. The Morgan fingerprint density at radius 2 is 1.40 bits per heavy atom. The van der Waals surface area contributed by atoms with Gasteiger partial charge in [-0.25, -0.2) is 4.99 Å². The highest BCUT2D eigenvalue weighted by molar-refractivity contribution is 9.10. The molecular weight excluding hydrogens is 450 g/mol. The lowest BCUT2D eigenvalue weighted by Gasteiger charge is -2.33. The molecule has 0 fully saturated rings. The van der Waals surface area contributed by atoms with E-state index in [0.29, 0.717) is 0 Å². The first kappa shape index (κ1) is 22.7. The van der Waals surface area contributed by atoms with Crippen LogP contribution in [0.3, 0.4) is 0 Å². The summed E-state index contributed by atoms with van der Waals surface area (Å²) in [5.41, 5.74) is 5.25. The molecule has 0 aliphatic heterocycles. The minimum absolute atomic E-state index is 0.0101. The van der Waals surface area contributed by atoms with Crippen molar-refractivity contribution in [3.8, 4) is 0 Å². The molecule has 0 spiro atoms. The monoisotopic (exact) mass is 479 g/mol. The van der Waals surface area contributed by atoms with Gasteiger partial charge in [0.1, 0.15) is 0 Å². The molecule has 0 N–H and O–H groups in total. The molecule has 3 aromatic rings. The van der Waals surface area contributed by atoms with Crippen molar-refractivity contribution in [1.29, 1.82) is 0 Å². The van der Waals surface area contributed by atoms with Crippen LogP contribution in [0.15, 0.2) is 88.3 Å². The van der Waals surface area contributed by atoms with Crippen LogP contribution in [0.25, 0.3) is 0 Å². The zero-order valence-corrected chi connectivity index (χ0v) is 21.1. The summed E-state index contributed by atoms with van der Waals surface area (Å²) in [5.74, 6) is 0. The SMILES string of the molecule is C[SiH](C)OC(c1cc(N=C(c2ccccc2)c2ccccc2)ccc1Br)C(C)(C)C. The van der Waals surface area contributed by atoms with E-state index in [9.17, 15) is 0 Å². The van der Waals surface area contributed by atoms with Crippen molar-refractivity contribution in [2.45, 2.75) is 40.0 Å². The van der Waals surface area contributed by atoms with Crippen molar-refractivity contribution in [3.05, 3.63) is 100 Å². The fourth-order valence-corrected chi connectivity index (χ4v) is 4.99. The first-order valence-corrected chi connectivity index (χ1v) is 14.0. The van der Waals surface area contributed by atoms with Crippen LogP contribution < -0.4 is 0 Å². The van der Waals surface area contributed by atoms with Gasteiger partial charge in [-0.1, -0.05) is 97.4 Å². The molecule has 1 atom stereocenters. The summed E-state index contributed by atoms with van der Waals surface area (Å²) >= 11 is 3.76. The maximum Gasteiger partial charge on any atom is 0.171 e. The van der Waals surface area contributed by atoms with Crippen LogP contribution in [0.2, 0.25) is 13.1 Å². The van der Waals surface area contributed by atoms with Crippen molar-refractivity contribution >= 4 is 36.4 Å². The van der Waals surface area contributed by atoms with Gasteiger partial charge in [0.25, 0.3) is 0 Å². The molecule has 0 bridgehead atoms. The van der Waals surface area contributed by atoms with Crippen LogP contribution in [0, 0.1) is 5.41 Å². The molecule has 30 heavy (non-hydrogen) atoms. The van der Waals surface area contributed by atoms with E-state index < -0.39 is 9.04 Å². The third-order valence-corrected chi connectivity index (χ3v) is 6.33. The summed E-state index contributed by atoms with van der Waals surface area (Å²) in [7, 11) is -1.22. The summed E-state index contributed by atoms with van der Waals surface area (Å²) < 4.78 is 7.54. The maximum absolute atomic E-state index is 6.47. The number of hydrogen-bond donors (Lipinski definition) is 0. The molecule has 0 amide bonds. The van der Waals surface area contributed by atoms with Crippen LogP contribution in [0.4, 0.5) is 5.69 Å². The van der Waals surface area contributed by atoms with Gasteiger partial charge in [-0.05, 0) is 42.3 Å². The van der Waals surface area contributed by atoms with Gasteiger partial charge in [0.15, 0.2) is 9.04 Å². The lowest BCUT2D eigenvalue weighted by molar-refractivity contribution is 0.0860. The molecule has 0 saturated carbocycles. The Bertz CT molecular complexity index is 953. The van der Waals surface area contributed by atoms with E-state index in [1.165, 1.54) is 0 Å². The van der Waals surface area contributed by atoms with Crippen molar-refractivity contribution in [3.63, 3.8) is 0 Å². The fourth-order valence-electron chi connectivity index (χ4n) is 3.43. The van der Waals surface area contributed by atoms with Crippen LogP contribution >= 0.6 is 15.9 Å². The van der Waals surface area contributed by atoms with E-state index in [0.717, 1.165) is 32.6 Å². The second kappa shape index (κ2) is 9.86. The Morgan fingerprint density at radius 3 is 1.87 bits per heavy atom. The van der Waals surface area contributed by atoms with E-state index in [2.05, 4.69) is 117 Å². The number of halogens is 1. The van der Waals surface area contributed by atoms with Crippen molar-refractivity contribution in [2.24, 2.45) is 10.4 Å². The lowest BCUT2D eigenvalue weighted by Crippen LogP contribution is -2.26. The Morgan fingerprint density at radius 1 is 0.867 bits per heavy atom. The second-order valence-electron chi connectivity index (χ2n) is 8.83. The molecule has 0 saturated heterocycles. The van der Waals surface area contributed by atoms with Crippen molar-refractivity contribution < 1.29 is 4.43 Å². The smallest absolute Gasteiger partial charge is 0.171 e. The van der Waals surface area contributed by atoms with E-state index in [-0.39, 0.29) is 11.5 Å². The molecule has 0 aliphatic rings. The summed E-state index contributed by atoms with van der Waals surface area (Å²) in [6.45, 7) is 11.1. The number of hydrogen-bond acceptors (Lipinski definition) is 2. The molecule has 3 aromatic carbocycles. The summed E-state index contributed by atoms with van der Waals surface area (Å²) in [6.07, 6.45) is 0.0191. The standard InChI is InChI=1S/C26H30BrNOSi/c1-26(2,3)25(29-30(4)5)22-18-21(16-17-23(22)27)28-24(19-12-8-6-9-13-19)20-14-10-7-11-15-20/h6-18,25,30H,1-5H3. The predicted molar refractivity (Wildman–Crippen MR) is 134 cm³/mol. The second-order valence-corrected chi connectivity index (χ2v) is 12.1. The minimum atomic E-state index is -1.22. The topological polar surface area (TPSA) is 21.6 Å². The third kappa shape index (κ3) is 5.78. The van der Waals surface area contributed by atoms with Gasteiger partial charge in [-0.3, -0.25) is 0 Å². The van der Waals surface area contributed by atoms with Gasteiger partial charge in [-0.15, -0.1) is 0 Å². The first-order chi connectivity index (χ1) is 14.3. The zero-order valence-electron chi connectivity index (χ0n) is 18.4. The molecule has 0 aliphatic carbocycles. The molecule has 2 nitrogen and oxygen atoms in total. The normalized spacial score (nSPS) is 12.6. The Balaban J connectivity index is 2.12. The van der Waals surface area contributed by atoms with Crippen molar-refractivity contribution in [1.82, 2.24) is 0 Å². The van der Waals surface area contributed by atoms with Gasteiger partial charge in [-0.2, -0.15) is 0 Å². The molecule has 156 valence electrons. The number of nitrogens with zero attached hydrogens (tertiary/aromatic N) is 1. The zero-order chi connectivity index (χ0) is 21.7. The highest BCUT2D eigenvalue weighted by atomic mass is 79.9. The number of rotatable bonds is 6. The van der Waals surface area contributed by atoms with E-state index in [4.69, 9.17) is 9.42 Å². The molecule has 0 aromatic heterocycles. The summed E-state index contributed by atoms with van der Waals surface area (Å²) in [5, 5.41) is 0. The van der Waals surface area contributed by atoms with Gasteiger partial charge in [0.05, 0.1) is 17.5 Å². The summed E-state index contributed by atoms with van der Waals surface area (Å²) in [6, 6.07) is 27.0. The van der Waals surface area contributed by atoms with Crippen LogP contribution in [0.5, 0.6) is 0 Å². The Hall–Kier alpha value is -2.01. The van der Waals surface area contributed by atoms with Crippen LogP contribution in [-0.2, 0) is 4.43 Å². The quantitative estimate of drug-likeness (QED) is 0.262. The first-order valence-electron chi connectivity index (χ1n) is 10.4. The average molecular weight is 481 g/mol. The highest BCUT2D eigenvalue weighted by Crippen LogP contribution is 2.41. The highest BCUT2D eigenvalue weighted by Gasteiger charge is 2.29. The van der Waals surface area contributed by atoms with Gasteiger partial charge < -0.3 is 4.43 Å². The minimum Gasteiger partial charge on any atom is -0.413 e. The van der Waals surface area contributed by atoms with Crippen LogP contribution in [-0.4, -0.2) is 14.8 Å². The maximum atomic E-state index is 6.47.